The van der Waals surface area contributed by atoms with Crippen molar-refractivity contribution in [3.8, 4) is 0 Å². The van der Waals surface area contributed by atoms with E-state index in [1.165, 1.54) is 18.4 Å². The van der Waals surface area contributed by atoms with Gasteiger partial charge < -0.3 is 10.6 Å². The van der Waals surface area contributed by atoms with Crippen LogP contribution in [0.3, 0.4) is 0 Å². The van der Waals surface area contributed by atoms with Gasteiger partial charge in [0.2, 0.25) is 0 Å². The Bertz CT molecular complexity index is 601. The van der Waals surface area contributed by atoms with Gasteiger partial charge in [-0.3, -0.25) is 0 Å². The van der Waals surface area contributed by atoms with Crippen LogP contribution in [0.5, 0.6) is 0 Å². The molecule has 3 heteroatoms. The highest BCUT2D eigenvalue weighted by Gasteiger charge is 2.33. The van der Waals surface area contributed by atoms with Crippen LogP contribution in [0.25, 0.3) is 0 Å². The zero-order valence-corrected chi connectivity index (χ0v) is 14.4. The van der Waals surface area contributed by atoms with Crippen LogP contribution in [0.15, 0.2) is 60.7 Å². The van der Waals surface area contributed by atoms with E-state index in [2.05, 4.69) is 48.7 Å². The summed E-state index contributed by atoms with van der Waals surface area (Å²) < 4.78 is 0. The fraction of sp³-hybridized carbons (Fsp3) is 0.381. The number of hydrogen-bond donors (Lipinski definition) is 2. The number of hydrogen-bond acceptors (Lipinski definition) is 1. The van der Waals surface area contributed by atoms with Gasteiger partial charge in [-0.25, -0.2) is 4.79 Å². The van der Waals surface area contributed by atoms with Crippen LogP contribution in [0.1, 0.15) is 49.9 Å². The van der Waals surface area contributed by atoms with Crippen LogP contribution in [-0.4, -0.2) is 6.03 Å². The lowest BCUT2D eigenvalue weighted by Gasteiger charge is -2.25. The van der Waals surface area contributed by atoms with Gasteiger partial charge in [-0.15, -0.1) is 0 Å². The normalized spacial score (nSPS) is 16.5. The molecule has 1 aliphatic carbocycles. The molecule has 3 nitrogen and oxygen atoms in total. The topological polar surface area (TPSA) is 41.1 Å². The molecule has 2 amide bonds. The van der Waals surface area contributed by atoms with Crippen molar-refractivity contribution in [1.82, 2.24) is 10.6 Å². The predicted octanol–water partition coefficient (Wildman–Crippen LogP) is 4.83. The number of carbonyl (C=O) groups is 1. The Kier molecular flexibility index (Phi) is 5.19. The van der Waals surface area contributed by atoms with Crippen molar-refractivity contribution in [2.45, 2.75) is 38.8 Å². The average molecular weight is 322 g/mol. The number of benzene rings is 2. The minimum Gasteiger partial charge on any atom is -0.331 e. The highest BCUT2D eigenvalue weighted by atomic mass is 16.2. The van der Waals surface area contributed by atoms with Gasteiger partial charge in [0.15, 0.2) is 0 Å². The van der Waals surface area contributed by atoms with Crippen molar-refractivity contribution < 1.29 is 4.79 Å². The van der Waals surface area contributed by atoms with Gasteiger partial charge in [-0.2, -0.15) is 0 Å². The van der Waals surface area contributed by atoms with E-state index in [1.54, 1.807) is 0 Å². The molecule has 126 valence electrons. The summed E-state index contributed by atoms with van der Waals surface area (Å²) in [6.45, 7) is 4.26. The summed E-state index contributed by atoms with van der Waals surface area (Å²) in [6, 6.07) is 20.5. The molecule has 24 heavy (non-hydrogen) atoms. The fourth-order valence-corrected chi connectivity index (χ4v) is 3.18. The predicted molar refractivity (Wildman–Crippen MR) is 97.6 cm³/mol. The third-order valence-electron chi connectivity index (χ3n) is 4.65. The second kappa shape index (κ2) is 7.52. The lowest BCUT2D eigenvalue weighted by molar-refractivity contribution is 0.227. The summed E-state index contributed by atoms with van der Waals surface area (Å²) in [7, 11) is 0. The SMILES string of the molecule is CC(C)[C@@H](NC(=O)N[C@H](c1ccccc1)C1CC1)c1ccccc1. The zero-order valence-electron chi connectivity index (χ0n) is 14.4. The van der Waals surface area contributed by atoms with Crippen LogP contribution in [-0.2, 0) is 0 Å². The molecular formula is C21H26N2O. The van der Waals surface area contributed by atoms with E-state index >= 15 is 0 Å². The van der Waals surface area contributed by atoms with Crippen LogP contribution in [0.2, 0.25) is 0 Å². The molecule has 0 radical (unpaired) electrons. The summed E-state index contributed by atoms with van der Waals surface area (Å²) in [5.74, 6) is 0.890. The molecule has 2 aromatic rings. The number of rotatable bonds is 6. The van der Waals surface area contributed by atoms with E-state index in [9.17, 15) is 4.79 Å². The first-order valence-electron chi connectivity index (χ1n) is 8.82. The van der Waals surface area contributed by atoms with E-state index in [0.29, 0.717) is 11.8 Å². The first-order valence-corrected chi connectivity index (χ1v) is 8.82. The standard InChI is InChI=1S/C21H26N2O/c1-15(2)19(16-9-5-3-6-10-16)22-21(24)23-20(18-13-14-18)17-11-7-4-8-12-17/h3-12,15,18-20H,13-14H2,1-2H3,(H2,22,23,24)/t19-,20-/m1/s1. The molecule has 1 aliphatic rings. The number of nitrogens with one attached hydrogen (secondary N) is 2. The minimum absolute atomic E-state index is 0.0156. The highest BCUT2D eigenvalue weighted by Crippen LogP contribution is 2.40. The summed E-state index contributed by atoms with van der Waals surface area (Å²) in [5, 5.41) is 6.37. The van der Waals surface area contributed by atoms with E-state index in [-0.39, 0.29) is 18.1 Å². The molecule has 0 aliphatic heterocycles. The van der Waals surface area contributed by atoms with Crippen LogP contribution >= 0.6 is 0 Å². The largest absolute Gasteiger partial charge is 0.331 e. The summed E-state index contributed by atoms with van der Waals surface area (Å²) >= 11 is 0. The van der Waals surface area contributed by atoms with Gasteiger partial charge >= 0.3 is 6.03 Å². The van der Waals surface area contributed by atoms with Crippen molar-refractivity contribution >= 4 is 6.03 Å². The zero-order chi connectivity index (χ0) is 16.9. The second-order valence-electron chi connectivity index (χ2n) is 6.98. The molecule has 2 N–H and O–H groups in total. The summed E-state index contributed by atoms with van der Waals surface area (Å²) in [6.07, 6.45) is 2.37. The van der Waals surface area contributed by atoms with Crippen molar-refractivity contribution in [3.63, 3.8) is 0 Å². The van der Waals surface area contributed by atoms with E-state index in [1.807, 2.05) is 36.4 Å². The third-order valence-corrected chi connectivity index (χ3v) is 4.65. The van der Waals surface area contributed by atoms with Crippen LogP contribution in [0, 0.1) is 11.8 Å². The smallest absolute Gasteiger partial charge is 0.315 e. The lowest BCUT2D eigenvalue weighted by Crippen LogP contribution is -2.42. The van der Waals surface area contributed by atoms with Gasteiger partial charge in [0.1, 0.15) is 0 Å². The molecule has 3 rings (SSSR count). The Morgan fingerprint density at radius 2 is 1.42 bits per heavy atom. The van der Waals surface area contributed by atoms with Crippen molar-refractivity contribution in [3.05, 3.63) is 71.8 Å². The minimum atomic E-state index is -0.0849. The average Bonchev–Trinajstić information content (AvgIpc) is 3.44. The lowest BCUT2D eigenvalue weighted by atomic mass is 9.96. The fourth-order valence-electron chi connectivity index (χ4n) is 3.18. The molecule has 2 atom stereocenters. The van der Waals surface area contributed by atoms with Gasteiger partial charge in [0.25, 0.3) is 0 Å². The van der Waals surface area contributed by atoms with Gasteiger partial charge in [-0.05, 0) is 35.8 Å². The van der Waals surface area contributed by atoms with Crippen molar-refractivity contribution in [1.29, 1.82) is 0 Å². The Morgan fingerprint density at radius 1 is 0.875 bits per heavy atom. The van der Waals surface area contributed by atoms with E-state index in [4.69, 9.17) is 0 Å². The molecule has 0 saturated heterocycles. The molecule has 0 bridgehead atoms. The molecule has 0 unspecified atom stereocenters. The highest BCUT2D eigenvalue weighted by molar-refractivity contribution is 5.75. The maximum absolute atomic E-state index is 12.6. The molecular weight excluding hydrogens is 296 g/mol. The molecule has 0 heterocycles. The monoisotopic (exact) mass is 322 g/mol. The summed E-state index contributed by atoms with van der Waals surface area (Å²) in [5.41, 5.74) is 2.33. The maximum Gasteiger partial charge on any atom is 0.315 e. The second-order valence-corrected chi connectivity index (χ2v) is 6.98. The van der Waals surface area contributed by atoms with Crippen molar-refractivity contribution in [2.75, 3.05) is 0 Å². The van der Waals surface area contributed by atoms with Crippen LogP contribution < -0.4 is 10.6 Å². The first-order chi connectivity index (χ1) is 11.6. The summed E-state index contributed by atoms with van der Waals surface area (Å²) in [4.78, 5) is 12.6. The number of urea groups is 1. The Hall–Kier alpha value is -2.29. The maximum atomic E-state index is 12.6. The molecule has 2 aromatic carbocycles. The Morgan fingerprint density at radius 3 is 1.92 bits per heavy atom. The quantitative estimate of drug-likeness (QED) is 0.785. The molecule has 1 saturated carbocycles. The molecule has 0 spiro atoms. The van der Waals surface area contributed by atoms with Crippen LogP contribution in [0.4, 0.5) is 4.79 Å². The van der Waals surface area contributed by atoms with Gasteiger partial charge in [0, 0.05) is 0 Å². The van der Waals surface area contributed by atoms with E-state index in [0.717, 1.165) is 5.56 Å². The third kappa shape index (κ3) is 4.16. The molecule has 1 fully saturated rings. The number of carbonyl (C=O) groups excluding carboxylic acids is 1. The van der Waals surface area contributed by atoms with E-state index < -0.39 is 0 Å². The Labute approximate surface area is 144 Å². The Balaban J connectivity index is 1.69. The van der Waals surface area contributed by atoms with Crippen molar-refractivity contribution in [2.24, 2.45) is 11.8 Å². The first kappa shape index (κ1) is 16.6. The molecule has 0 aromatic heterocycles. The van der Waals surface area contributed by atoms with Gasteiger partial charge in [0.05, 0.1) is 12.1 Å². The van der Waals surface area contributed by atoms with Gasteiger partial charge in [-0.1, -0.05) is 74.5 Å². The number of amides is 2.